The lowest BCUT2D eigenvalue weighted by Gasteiger charge is -2.04. The molecule has 6 heteroatoms. The largest absolute Gasteiger partial charge is 0.383 e. The monoisotopic (exact) mass is 228 g/mol. The van der Waals surface area contributed by atoms with E-state index in [1.165, 1.54) is 4.68 Å². The van der Waals surface area contributed by atoms with Gasteiger partial charge in [0.05, 0.1) is 5.69 Å². The van der Waals surface area contributed by atoms with Gasteiger partial charge in [0.2, 0.25) is 0 Å². The Hall–Kier alpha value is -2.63. The first-order chi connectivity index (χ1) is 8.18. The Balaban J connectivity index is 2.23. The maximum atomic E-state index is 11.5. The average molecular weight is 228 g/mol. The number of hydrogen-bond acceptors (Lipinski definition) is 4. The standard InChI is InChI=1S/C11H8N4O2/c12-9-7-8(11(17)13-10(7)16)14-15(9)6-4-2-1-3-5-6/h1-5H,12H2,(H,13,16,17). The van der Waals surface area contributed by atoms with Gasteiger partial charge in [0.1, 0.15) is 11.4 Å². The number of nitrogens with two attached hydrogens (primary N) is 1. The number of imide groups is 1. The van der Waals surface area contributed by atoms with E-state index < -0.39 is 11.8 Å². The fourth-order valence-electron chi connectivity index (χ4n) is 1.80. The van der Waals surface area contributed by atoms with E-state index in [0.29, 0.717) is 5.69 Å². The molecule has 0 fully saturated rings. The lowest BCUT2D eigenvalue weighted by Crippen LogP contribution is -2.22. The van der Waals surface area contributed by atoms with Crippen molar-refractivity contribution in [1.29, 1.82) is 0 Å². The highest BCUT2D eigenvalue weighted by molar-refractivity contribution is 6.22. The SMILES string of the molecule is Nc1c2c(nn1-c1ccccc1)C(=O)NC2=O. The topological polar surface area (TPSA) is 90.0 Å². The number of benzene rings is 1. The zero-order valence-electron chi connectivity index (χ0n) is 8.68. The molecule has 2 aromatic rings. The molecule has 17 heavy (non-hydrogen) atoms. The molecule has 2 heterocycles. The molecular formula is C11H8N4O2. The lowest BCUT2D eigenvalue weighted by molar-refractivity contribution is 0.0877. The van der Waals surface area contributed by atoms with Crippen molar-refractivity contribution in [1.82, 2.24) is 15.1 Å². The first-order valence-corrected chi connectivity index (χ1v) is 4.98. The van der Waals surface area contributed by atoms with Crippen LogP contribution in [0, 0.1) is 0 Å². The molecule has 0 aliphatic carbocycles. The van der Waals surface area contributed by atoms with E-state index in [4.69, 9.17) is 5.73 Å². The van der Waals surface area contributed by atoms with Gasteiger partial charge in [-0.05, 0) is 12.1 Å². The molecule has 2 amide bonds. The number of carbonyl (C=O) groups is 2. The molecule has 3 N–H and O–H groups in total. The number of amides is 2. The second-order valence-electron chi connectivity index (χ2n) is 3.64. The summed E-state index contributed by atoms with van der Waals surface area (Å²) in [5.41, 5.74) is 6.77. The summed E-state index contributed by atoms with van der Waals surface area (Å²) in [5, 5.41) is 6.20. The number of nitrogen functional groups attached to an aromatic ring is 1. The van der Waals surface area contributed by atoms with Crippen LogP contribution in [-0.2, 0) is 0 Å². The van der Waals surface area contributed by atoms with E-state index in [0.717, 1.165) is 0 Å². The molecule has 1 aromatic carbocycles. The number of anilines is 1. The molecule has 0 spiro atoms. The molecule has 0 saturated carbocycles. The Morgan fingerprint density at radius 2 is 1.82 bits per heavy atom. The predicted molar refractivity (Wildman–Crippen MR) is 59.8 cm³/mol. The van der Waals surface area contributed by atoms with Crippen LogP contribution in [0.3, 0.4) is 0 Å². The minimum atomic E-state index is -0.508. The van der Waals surface area contributed by atoms with E-state index in [1.54, 1.807) is 12.1 Å². The molecule has 0 unspecified atom stereocenters. The summed E-state index contributed by atoms with van der Waals surface area (Å²) in [4.78, 5) is 22.9. The zero-order valence-corrected chi connectivity index (χ0v) is 8.68. The normalized spacial score (nSPS) is 13.6. The third-order valence-electron chi connectivity index (χ3n) is 2.59. The van der Waals surface area contributed by atoms with Gasteiger partial charge in [0.15, 0.2) is 5.69 Å². The summed E-state index contributed by atoms with van der Waals surface area (Å²) in [6.45, 7) is 0. The van der Waals surface area contributed by atoms with E-state index in [1.807, 2.05) is 18.2 Å². The molecule has 0 radical (unpaired) electrons. The predicted octanol–water partition coefficient (Wildman–Crippen LogP) is 0.338. The van der Waals surface area contributed by atoms with Crippen molar-refractivity contribution in [3.05, 3.63) is 41.6 Å². The van der Waals surface area contributed by atoms with E-state index >= 15 is 0 Å². The first-order valence-electron chi connectivity index (χ1n) is 4.98. The van der Waals surface area contributed by atoms with Crippen LogP contribution < -0.4 is 11.1 Å². The highest BCUT2D eigenvalue weighted by Gasteiger charge is 2.34. The van der Waals surface area contributed by atoms with Crippen LogP contribution in [0.4, 0.5) is 5.82 Å². The van der Waals surface area contributed by atoms with Gasteiger partial charge in [-0.25, -0.2) is 4.68 Å². The minimum Gasteiger partial charge on any atom is -0.383 e. The molecule has 0 atom stereocenters. The fraction of sp³-hybridized carbons (Fsp3) is 0. The number of para-hydroxylation sites is 1. The molecule has 1 aliphatic rings. The number of rotatable bonds is 1. The first kappa shape index (κ1) is 9.59. The third-order valence-corrected chi connectivity index (χ3v) is 2.59. The molecule has 6 nitrogen and oxygen atoms in total. The van der Waals surface area contributed by atoms with Crippen molar-refractivity contribution >= 4 is 17.6 Å². The van der Waals surface area contributed by atoms with Crippen LogP contribution in [0.2, 0.25) is 0 Å². The fourth-order valence-corrected chi connectivity index (χ4v) is 1.80. The van der Waals surface area contributed by atoms with Crippen LogP contribution >= 0.6 is 0 Å². The summed E-state index contributed by atoms with van der Waals surface area (Å²) in [6, 6.07) is 9.09. The molecular weight excluding hydrogens is 220 g/mol. The minimum absolute atomic E-state index is 0.0800. The number of fused-ring (bicyclic) bond motifs is 1. The molecule has 84 valence electrons. The van der Waals surface area contributed by atoms with E-state index in [-0.39, 0.29) is 17.1 Å². The second-order valence-corrected chi connectivity index (χ2v) is 3.64. The number of hydrogen-bond donors (Lipinski definition) is 2. The van der Waals surface area contributed by atoms with Crippen LogP contribution in [0.15, 0.2) is 30.3 Å². The quantitative estimate of drug-likeness (QED) is 0.688. The second kappa shape index (κ2) is 3.18. The van der Waals surface area contributed by atoms with Crippen molar-refractivity contribution in [2.24, 2.45) is 0 Å². The Labute approximate surface area is 96.0 Å². The van der Waals surface area contributed by atoms with Gasteiger partial charge < -0.3 is 5.73 Å². The van der Waals surface area contributed by atoms with Gasteiger partial charge in [-0.15, -0.1) is 0 Å². The van der Waals surface area contributed by atoms with Gasteiger partial charge in [0.25, 0.3) is 11.8 Å². The highest BCUT2D eigenvalue weighted by atomic mass is 16.2. The molecule has 3 rings (SSSR count). The van der Waals surface area contributed by atoms with Crippen molar-refractivity contribution in [2.45, 2.75) is 0 Å². The van der Waals surface area contributed by atoms with Crippen LogP contribution in [0.5, 0.6) is 0 Å². The third kappa shape index (κ3) is 1.24. The van der Waals surface area contributed by atoms with Crippen LogP contribution in [-0.4, -0.2) is 21.6 Å². The van der Waals surface area contributed by atoms with Gasteiger partial charge in [0, 0.05) is 0 Å². The van der Waals surface area contributed by atoms with Gasteiger partial charge in [-0.2, -0.15) is 5.10 Å². The zero-order chi connectivity index (χ0) is 12.0. The number of carbonyl (C=O) groups excluding carboxylic acids is 2. The summed E-state index contributed by atoms with van der Waals surface area (Å²) in [5.74, 6) is -0.828. The summed E-state index contributed by atoms with van der Waals surface area (Å²) in [6.07, 6.45) is 0. The van der Waals surface area contributed by atoms with Crippen molar-refractivity contribution in [2.75, 3.05) is 5.73 Å². The van der Waals surface area contributed by atoms with Crippen LogP contribution in [0.1, 0.15) is 20.8 Å². The average Bonchev–Trinajstić information content (AvgIpc) is 2.81. The molecule has 0 bridgehead atoms. The van der Waals surface area contributed by atoms with Crippen molar-refractivity contribution in [3.63, 3.8) is 0 Å². The molecule has 1 aliphatic heterocycles. The van der Waals surface area contributed by atoms with Gasteiger partial charge in [-0.3, -0.25) is 14.9 Å². The Morgan fingerprint density at radius 1 is 1.12 bits per heavy atom. The van der Waals surface area contributed by atoms with Gasteiger partial charge in [-0.1, -0.05) is 18.2 Å². The molecule has 1 aromatic heterocycles. The lowest BCUT2D eigenvalue weighted by atomic mass is 10.2. The van der Waals surface area contributed by atoms with E-state index in [9.17, 15) is 9.59 Å². The Kier molecular flexibility index (Phi) is 1.79. The Bertz CT molecular complexity index is 630. The number of nitrogens with one attached hydrogen (secondary N) is 1. The van der Waals surface area contributed by atoms with Crippen molar-refractivity contribution < 1.29 is 9.59 Å². The maximum Gasteiger partial charge on any atom is 0.279 e. The van der Waals surface area contributed by atoms with Gasteiger partial charge >= 0.3 is 0 Å². The van der Waals surface area contributed by atoms with Crippen molar-refractivity contribution in [3.8, 4) is 5.69 Å². The van der Waals surface area contributed by atoms with E-state index in [2.05, 4.69) is 10.4 Å². The highest BCUT2D eigenvalue weighted by Crippen LogP contribution is 2.24. The maximum absolute atomic E-state index is 11.5. The smallest absolute Gasteiger partial charge is 0.279 e. The summed E-state index contributed by atoms with van der Waals surface area (Å²) < 4.78 is 1.39. The Morgan fingerprint density at radius 3 is 2.47 bits per heavy atom. The molecule has 0 saturated heterocycles. The summed E-state index contributed by atoms with van der Waals surface area (Å²) >= 11 is 0. The number of aromatic nitrogens is 2. The summed E-state index contributed by atoms with van der Waals surface area (Å²) in [7, 11) is 0. The number of nitrogens with zero attached hydrogens (tertiary/aromatic N) is 2. The van der Waals surface area contributed by atoms with Crippen LogP contribution in [0.25, 0.3) is 5.69 Å².